The Morgan fingerprint density at radius 2 is 1.95 bits per heavy atom. The monoisotopic (exact) mass is 329 g/mol. The second-order valence-electron chi connectivity index (χ2n) is 5.01. The normalized spacial score (nSPS) is 12.9. The van der Waals surface area contributed by atoms with Crippen LogP contribution in [0.3, 0.4) is 0 Å². The van der Waals surface area contributed by atoms with Gasteiger partial charge in [-0.2, -0.15) is 0 Å². The largest absolute Gasteiger partial charge is 0.395 e. The molecule has 0 spiro atoms. The quantitative estimate of drug-likeness (QED) is 0.455. The predicted molar refractivity (Wildman–Crippen MR) is 83.7 cm³/mol. The average molecular weight is 329 g/mol. The van der Waals surface area contributed by atoms with Crippen LogP contribution in [-0.2, 0) is 14.8 Å². The van der Waals surface area contributed by atoms with E-state index in [1.165, 1.54) is 12.1 Å². The molecule has 0 saturated heterocycles. The van der Waals surface area contributed by atoms with Gasteiger partial charge in [0.1, 0.15) is 0 Å². The first-order valence-corrected chi connectivity index (χ1v) is 8.54. The number of amides is 1. The van der Waals surface area contributed by atoms with E-state index in [1.54, 1.807) is 12.1 Å². The number of hydrogen-bond donors (Lipinski definition) is 4. The molecule has 0 heterocycles. The summed E-state index contributed by atoms with van der Waals surface area (Å²) < 4.78 is 26.7. The van der Waals surface area contributed by atoms with Gasteiger partial charge < -0.3 is 16.2 Å². The summed E-state index contributed by atoms with van der Waals surface area (Å²) in [5.41, 5.74) is 6.26. The number of benzene rings is 1. The summed E-state index contributed by atoms with van der Waals surface area (Å²) in [6.45, 7) is 2.28. The molecule has 22 heavy (non-hydrogen) atoms. The summed E-state index contributed by atoms with van der Waals surface area (Å²) in [7, 11) is -3.77. The third-order valence-electron chi connectivity index (χ3n) is 3.01. The summed E-state index contributed by atoms with van der Waals surface area (Å²) in [5, 5.41) is 11.9. The lowest BCUT2D eigenvalue weighted by atomic mass is 10.2. The Hall–Kier alpha value is -1.48. The zero-order chi connectivity index (χ0) is 16.6. The van der Waals surface area contributed by atoms with Crippen molar-refractivity contribution in [2.24, 2.45) is 5.73 Å². The van der Waals surface area contributed by atoms with E-state index in [0.29, 0.717) is 19.5 Å². The molecule has 1 atom stereocenters. The van der Waals surface area contributed by atoms with Crippen LogP contribution in [0.5, 0.6) is 0 Å². The highest BCUT2D eigenvalue weighted by Gasteiger charge is 2.21. The summed E-state index contributed by atoms with van der Waals surface area (Å²) in [4.78, 5) is 11.8. The maximum absolute atomic E-state index is 12.2. The first kappa shape index (κ1) is 18.6. The molecular formula is C14H23N3O4S. The summed E-state index contributed by atoms with van der Waals surface area (Å²) in [6, 6.07) is 5.45. The zero-order valence-corrected chi connectivity index (χ0v) is 13.4. The van der Waals surface area contributed by atoms with E-state index in [1.807, 2.05) is 6.92 Å². The molecule has 0 fully saturated rings. The van der Waals surface area contributed by atoms with Crippen molar-refractivity contribution < 1.29 is 18.3 Å². The molecule has 1 aromatic rings. The number of sulfonamides is 1. The van der Waals surface area contributed by atoms with E-state index in [0.717, 1.165) is 5.56 Å². The highest BCUT2D eigenvalue weighted by Crippen LogP contribution is 2.11. The average Bonchev–Trinajstić information content (AvgIpc) is 2.47. The summed E-state index contributed by atoms with van der Waals surface area (Å²) in [6.07, 6.45) is 0.511. The van der Waals surface area contributed by atoms with E-state index in [4.69, 9.17) is 5.73 Å². The number of carbonyl (C=O) groups is 1. The lowest BCUT2D eigenvalue weighted by molar-refractivity contribution is -0.121. The molecule has 1 amide bonds. The lowest BCUT2D eigenvalue weighted by Crippen LogP contribution is -2.41. The second kappa shape index (κ2) is 8.84. The van der Waals surface area contributed by atoms with Gasteiger partial charge in [-0.3, -0.25) is 4.79 Å². The molecule has 0 aliphatic heterocycles. The van der Waals surface area contributed by atoms with E-state index >= 15 is 0 Å². The van der Waals surface area contributed by atoms with Crippen LogP contribution in [0.4, 0.5) is 0 Å². The molecule has 0 aliphatic carbocycles. The highest BCUT2D eigenvalue weighted by atomic mass is 32.2. The second-order valence-corrected chi connectivity index (χ2v) is 6.72. The molecular weight excluding hydrogens is 306 g/mol. The van der Waals surface area contributed by atoms with Gasteiger partial charge >= 0.3 is 0 Å². The SMILES string of the molecule is Cc1ccc(S(=O)(=O)N[C@H](CO)CC(=O)NCCCN)cc1. The molecule has 1 aromatic carbocycles. The molecule has 8 heteroatoms. The topological polar surface area (TPSA) is 122 Å². The predicted octanol–water partition coefficient (Wildman–Crippen LogP) is -0.511. The van der Waals surface area contributed by atoms with Crippen molar-refractivity contribution in [3.05, 3.63) is 29.8 Å². The van der Waals surface area contributed by atoms with Crippen molar-refractivity contribution in [1.82, 2.24) is 10.0 Å². The molecule has 7 nitrogen and oxygen atoms in total. The van der Waals surface area contributed by atoms with Crippen molar-refractivity contribution in [3.8, 4) is 0 Å². The Morgan fingerprint density at radius 3 is 2.50 bits per heavy atom. The standard InChI is InChI=1S/C14H23N3O4S/c1-11-3-5-13(6-4-11)22(20,21)17-12(10-18)9-14(19)16-8-2-7-15/h3-6,12,17-18H,2,7-10,15H2,1H3,(H,16,19)/t12-/m0/s1. The van der Waals surface area contributed by atoms with E-state index in [-0.39, 0.29) is 17.2 Å². The van der Waals surface area contributed by atoms with Crippen LogP contribution in [-0.4, -0.2) is 45.2 Å². The van der Waals surface area contributed by atoms with Gasteiger partial charge in [-0.25, -0.2) is 13.1 Å². The molecule has 0 aromatic heterocycles. The minimum absolute atomic E-state index is 0.0973. The Kier molecular flexibility index (Phi) is 7.46. The number of aliphatic hydroxyl groups is 1. The third kappa shape index (κ3) is 6.10. The fraction of sp³-hybridized carbons (Fsp3) is 0.500. The Labute approximate surface area is 131 Å². The van der Waals surface area contributed by atoms with Gasteiger partial charge in [0.2, 0.25) is 15.9 Å². The first-order chi connectivity index (χ1) is 10.4. The van der Waals surface area contributed by atoms with Gasteiger partial charge in [0, 0.05) is 13.0 Å². The van der Waals surface area contributed by atoms with E-state index < -0.39 is 22.7 Å². The first-order valence-electron chi connectivity index (χ1n) is 7.05. The Bertz CT molecular complexity index is 572. The Morgan fingerprint density at radius 1 is 1.32 bits per heavy atom. The number of carbonyl (C=O) groups excluding carboxylic acids is 1. The van der Waals surface area contributed by atoms with Crippen LogP contribution >= 0.6 is 0 Å². The van der Waals surface area contributed by atoms with Crippen LogP contribution in [0.25, 0.3) is 0 Å². The maximum Gasteiger partial charge on any atom is 0.240 e. The van der Waals surface area contributed by atoms with Crippen molar-refractivity contribution in [1.29, 1.82) is 0 Å². The number of nitrogens with one attached hydrogen (secondary N) is 2. The number of hydrogen-bond acceptors (Lipinski definition) is 5. The maximum atomic E-state index is 12.2. The fourth-order valence-corrected chi connectivity index (χ4v) is 3.00. The van der Waals surface area contributed by atoms with Gasteiger partial charge in [0.25, 0.3) is 0 Å². The molecule has 124 valence electrons. The molecule has 0 unspecified atom stereocenters. The van der Waals surface area contributed by atoms with Gasteiger partial charge in [-0.1, -0.05) is 17.7 Å². The van der Waals surface area contributed by atoms with Crippen molar-refractivity contribution in [2.45, 2.75) is 30.7 Å². The van der Waals surface area contributed by atoms with Crippen molar-refractivity contribution >= 4 is 15.9 Å². The molecule has 0 radical (unpaired) electrons. The van der Waals surface area contributed by atoms with E-state index in [2.05, 4.69) is 10.0 Å². The Balaban J connectivity index is 2.64. The van der Waals surface area contributed by atoms with Crippen LogP contribution in [0.1, 0.15) is 18.4 Å². The summed E-state index contributed by atoms with van der Waals surface area (Å²) in [5.74, 6) is -0.334. The molecule has 0 aliphatic rings. The van der Waals surface area contributed by atoms with Gasteiger partial charge in [0.05, 0.1) is 17.5 Å². The highest BCUT2D eigenvalue weighted by molar-refractivity contribution is 7.89. The minimum Gasteiger partial charge on any atom is -0.395 e. The van der Waals surface area contributed by atoms with E-state index in [9.17, 15) is 18.3 Å². The van der Waals surface area contributed by atoms with Crippen LogP contribution < -0.4 is 15.8 Å². The zero-order valence-electron chi connectivity index (χ0n) is 12.6. The van der Waals surface area contributed by atoms with Crippen molar-refractivity contribution in [3.63, 3.8) is 0 Å². The lowest BCUT2D eigenvalue weighted by Gasteiger charge is -2.16. The van der Waals surface area contributed by atoms with Crippen LogP contribution in [0, 0.1) is 6.92 Å². The van der Waals surface area contributed by atoms with Crippen LogP contribution in [0.2, 0.25) is 0 Å². The number of rotatable bonds is 9. The number of aliphatic hydroxyl groups excluding tert-OH is 1. The number of nitrogens with two attached hydrogens (primary N) is 1. The van der Waals surface area contributed by atoms with Crippen molar-refractivity contribution in [2.75, 3.05) is 19.7 Å². The minimum atomic E-state index is -3.77. The molecule has 5 N–H and O–H groups in total. The number of aryl methyl sites for hydroxylation is 1. The van der Waals surface area contributed by atoms with Gasteiger partial charge in [-0.15, -0.1) is 0 Å². The fourth-order valence-electron chi connectivity index (χ4n) is 1.77. The van der Waals surface area contributed by atoms with Gasteiger partial charge in [-0.05, 0) is 32.0 Å². The summed E-state index contributed by atoms with van der Waals surface area (Å²) >= 11 is 0. The molecule has 1 rings (SSSR count). The molecule has 0 saturated carbocycles. The molecule has 0 bridgehead atoms. The smallest absolute Gasteiger partial charge is 0.240 e. The van der Waals surface area contributed by atoms with Gasteiger partial charge in [0.15, 0.2) is 0 Å². The third-order valence-corrected chi connectivity index (χ3v) is 4.54. The van der Waals surface area contributed by atoms with Crippen LogP contribution in [0.15, 0.2) is 29.2 Å².